The smallest absolute Gasteiger partial charge is 0.308 e. The molecule has 0 unspecified atom stereocenters. The summed E-state index contributed by atoms with van der Waals surface area (Å²) in [6.07, 6.45) is 6.57. The fraction of sp³-hybridized carbons (Fsp3) is 0.647. The van der Waals surface area contributed by atoms with Gasteiger partial charge in [-0.2, -0.15) is 0 Å². The first-order chi connectivity index (χ1) is 9.86. The summed E-state index contributed by atoms with van der Waals surface area (Å²) < 4.78 is 10.1. The second-order valence-electron chi connectivity index (χ2n) is 5.36. The predicted octanol–water partition coefficient (Wildman–Crippen LogP) is 3.81. The number of carbonyl (C=O) groups excluding carboxylic acids is 2. The average Bonchev–Trinajstić information content (AvgIpc) is 2.43. The Kier molecular flexibility index (Phi) is 10.3. The molecule has 0 bridgehead atoms. The minimum Gasteiger partial charge on any atom is -0.462 e. The third-order valence-electron chi connectivity index (χ3n) is 3.21. The first kappa shape index (κ1) is 19.4. The van der Waals surface area contributed by atoms with E-state index in [2.05, 4.69) is 6.08 Å². The van der Waals surface area contributed by atoms with Gasteiger partial charge in [0, 0.05) is 6.92 Å². The van der Waals surface area contributed by atoms with E-state index in [1.165, 1.54) is 12.5 Å². The van der Waals surface area contributed by atoms with Crippen LogP contribution < -0.4 is 0 Å². The first-order valence-electron chi connectivity index (χ1n) is 7.48. The lowest BCUT2D eigenvalue weighted by atomic mass is 10.1. The molecule has 0 aliphatic carbocycles. The van der Waals surface area contributed by atoms with E-state index in [9.17, 15) is 9.59 Å². The predicted molar refractivity (Wildman–Crippen MR) is 83.8 cm³/mol. The summed E-state index contributed by atoms with van der Waals surface area (Å²) in [6.45, 7) is 9.90. The molecule has 0 spiro atoms. The molecule has 120 valence electrons. The number of hydrogen-bond acceptors (Lipinski definition) is 4. The average molecular weight is 296 g/mol. The highest BCUT2D eigenvalue weighted by Gasteiger charge is 2.11. The van der Waals surface area contributed by atoms with Crippen LogP contribution in [0.4, 0.5) is 0 Å². The van der Waals surface area contributed by atoms with Crippen molar-refractivity contribution in [3.8, 4) is 0 Å². The van der Waals surface area contributed by atoms with Crippen molar-refractivity contribution in [2.45, 2.75) is 53.9 Å². The van der Waals surface area contributed by atoms with E-state index in [4.69, 9.17) is 9.47 Å². The van der Waals surface area contributed by atoms with Gasteiger partial charge in [0.2, 0.25) is 0 Å². The van der Waals surface area contributed by atoms with Gasteiger partial charge in [-0.3, -0.25) is 9.59 Å². The normalized spacial score (nSPS) is 13.8. The van der Waals surface area contributed by atoms with Crippen LogP contribution in [0.3, 0.4) is 0 Å². The molecule has 0 aromatic rings. The lowest BCUT2D eigenvalue weighted by Crippen LogP contribution is -2.14. The van der Waals surface area contributed by atoms with Gasteiger partial charge in [0.15, 0.2) is 0 Å². The Morgan fingerprint density at radius 1 is 1.05 bits per heavy atom. The van der Waals surface area contributed by atoms with E-state index in [1.807, 2.05) is 33.8 Å². The van der Waals surface area contributed by atoms with E-state index in [0.717, 1.165) is 24.8 Å². The molecule has 4 nitrogen and oxygen atoms in total. The van der Waals surface area contributed by atoms with Gasteiger partial charge in [-0.05, 0) is 44.8 Å². The first-order valence-corrected chi connectivity index (χ1v) is 7.48. The maximum atomic E-state index is 11.5. The Hall–Kier alpha value is -1.58. The van der Waals surface area contributed by atoms with Crippen LogP contribution >= 0.6 is 0 Å². The molecule has 0 saturated heterocycles. The SMILES string of the molecule is CC[C@@H](C)C(=O)OC/C(C)=C/CC/C(C)=C/COC(C)=O. The summed E-state index contributed by atoms with van der Waals surface area (Å²) in [5.74, 6) is -0.440. The number of carbonyl (C=O) groups is 2. The Morgan fingerprint density at radius 2 is 1.71 bits per heavy atom. The van der Waals surface area contributed by atoms with Crippen LogP contribution in [-0.4, -0.2) is 25.2 Å². The molecule has 1 atom stereocenters. The van der Waals surface area contributed by atoms with Crippen molar-refractivity contribution in [3.05, 3.63) is 23.3 Å². The van der Waals surface area contributed by atoms with Crippen molar-refractivity contribution in [2.75, 3.05) is 13.2 Å². The van der Waals surface area contributed by atoms with Gasteiger partial charge in [-0.1, -0.05) is 25.5 Å². The maximum Gasteiger partial charge on any atom is 0.308 e. The Labute approximate surface area is 128 Å². The molecular weight excluding hydrogens is 268 g/mol. The fourth-order valence-electron chi connectivity index (χ4n) is 1.50. The molecule has 0 heterocycles. The second kappa shape index (κ2) is 11.1. The highest BCUT2D eigenvalue weighted by molar-refractivity contribution is 5.72. The number of hydrogen-bond donors (Lipinski definition) is 0. The van der Waals surface area contributed by atoms with Crippen LogP contribution in [0.5, 0.6) is 0 Å². The standard InChI is InChI=1S/C17H28O4/c1-6-15(4)17(19)21-12-14(3)9-7-8-13(2)10-11-20-16(5)18/h9-10,15H,6-8,11-12H2,1-5H3/b13-10+,14-9+/t15-/m1/s1. The Balaban J connectivity index is 3.96. The van der Waals surface area contributed by atoms with Crippen molar-refractivity contribution in [3.63, 3.8) is 0 Å². The minimum atomic E-state index is -0.266. The van der Waals surface area contributed by atoms with Gasteiger partial charge >= 0.3 is 11.9 Å². The van der Waals surface area contributed by atoms with Crippen molar-refractivity contribution in [1.29, 1.82) is 0 Å². The molecular formula is C17H28O4. The Morgan fingerprint density at radius 3 is 2.29 bits per heavy atom. The van der Waals surface area contributed by atoms with E-state index in [1.54, 1.807) is 0 Å². The molecule has 0 aliphatic heterocycles. The molecule has 0 saturated carbocycles. The van der Waals surface area contributed by atoms with Crippen LogP contribution in [0.2, 0.25) is 0 Å². The third kappa shape index (κ3) is 10.8. The zero-order chi connectivity index (χ0) is 16.3. The summed E-state index contributed by atoms with van der Waals surface area (Å²) in [7, 11) is 0. The van der Waals surface area contributed by atoms with Gasteiger partial charge in [0.05, 0.1) is 5.92 Å². The van der Waals surface area contributed by atoms with Crippen molar-refractivity contribution in [2.24, 2.45) is 5.92 Å². The number of allylic oxidation sites excluding steroid dienone is 2. The molecule has 0 amide bonds. The number of esters is 2. The summed E-state index contributed by atoms with van der Waals surface area (Å²) >= 11 is 0. The largest absolute Gasteiger partial charge is 0.462 e. The lowest BCUT2D eigenvalue weighted by Gasteiger charge is -2.09. The summed E-state index contributed by atoms with van der Waals surface area (Å²) in [6, 6.07) is 0. The third-order valence-corrected chi connectivity index (χ3v) is 3.21. The van der Waals surface area contributed by atoms with Crippen LogP contribution in [0.1, 0.15) is 53.9 Å². The van der Waals surface area contributed by atoms with Crippen molar-refractivity contribution < 1.29 is 19.1 Å². The van der Waals surface area contributed by atoms with E-state index >= 15 is 0 Å². The summed E-state index contributed by atoms with van der Waals surface area (Å²) in [5, 5.41) is 0. The molecule has 4 heteroatoms. The maximum absolute atomic E-state index is 11.5. The molecule has 0 rings (SSSR count). The van der Waals surface area contributed by atoms with Crippen LogP contribution in [0.25, 0.3) is 0 Å². The van der Waals surface area contributed by atoms with E-state index in [-0.39, 0.29) is 17.9 Å². The van der Waals surface area contributed by atoms with Gasteiger partial charge < -0.3 is 9.47 Å². The van der Waals surface area contributed by atoms with Crippen LogP contribution in [0.15, 0.2) is 23.3 Å². The molecule has 21 heavy (non-hydrogen) atoms. The van der Waals surface area contributed by atoms with Gasteiger partial charge in [0.25, 0.3) is 0 Å². The van der Waals surface area contributed by atoms with E-state index < -0.39 is 0 Å². The summed E-state index contributed by atoms with van der Waals surface area (Å²) in [5.41, 5.74) is 2.23. The van der Waals surface area contributed by atoms with Gasteiger partial charge in [0.1, 0.15) is 13.2 Å². The monoisotopic (exact) mass is 296 g/mol. The minimum absolute atomic E-state index is 0.0377. The van der Waals surface area contributed by atoms with Crippen molar-refractivity contribution in [1.82, 2.24) is 0 Å². The molecule has 0 aromatic carbocycles. The summed E-state index contributed by atoms with van der Waals surface area (Å²) in [4.78, 5) is 22.2. The number of ether oxygens (including phenoxy) is 2. The zero-order valence-corrected chi connectivity index (χ0v) is 13.9. The highest BCUT2D eigenvalue weighted by Crippen LogP contribution is 2.09. The van der Waals surface area contributed by atoms with Gasteiger partial charge in [-0.25, -0.2) is 0 Å². The van der Waals surface area contributed by atoms with Crippen molar-refractivity contribution >= 4 is 11.9 Å². The van der Waals surface area contributed by atoms with Gasteiger partial charge in [-0.15, -0.1) is 0 Å². The number of rotatable bonds is 9. The fourth-order valence-corrected chi connectivity index (χ4v) is 1.50. The highest BCUT2D eigenvalue weighted by atomic mass is 16.5. The van der Waals surface area contributed by atoms with Crippen LogP contribution in [-0.2, 0) is 19.1 Å². The van der Waals surface area contributed by atoms with Crippen LogP contribution in [0, 0.1) is 5.92 Å². The van der Waals surface area contributed by atoms with E-state index in [0.29, 0.717) is 13.2 Å². The quantitative estimate of drug-likeness (QED) is 0.479. The molecule has 0 N–H and O–H groups in total. The topological polar surface area (TPSA) is 52.6 Å². The lowest BCUT2D eigenvalue weighted by molar-refractivity contribution is -0.147. The molecule has 0 fully saturated rings. The molecule has 0 aliphatic rings. The molecule has 0 radical (unpaired) electrons. The zero-order valence-electron chi connectivity index (χ0n) is 13.9. The second-order valence-corrected chi connectivity index (χ2v) is 5.36. The molecule has 0 aromatic heterocycles. The Bertz CT molecular complexity index is 394.